The minimum atomic E-state index is 0.0105. The normalized spacial score (nSPS) is 19.4. The quantitative estimate of drug-likeness (QED) is 0.344. The third-order valence-electron chi connectivity index (χ3n) is 8.70. The monoisotopic (exact) mass is 572 g/mol. The first kappa shape index (κ1) is 32.9. The van der Waals surface area contributed by atoms with Crippen LogP contribution in [0.4, 0.5) is 0 Å². The van der Waals surface area contributed by atoms with Gasteiger partial charge >= 0.3 is 0 Å². The molecule has 0 spiro atoms. The minimum absolute atomic E-state index is 0.0105. The van der Waals surface area contributed by atoms with E-state index >= 15 is 0 Å². The topological polar surface area (TPSA) is 91.4 Å². The Morgan fingerprint density at radius 2 is 1.76 bits per heavy atom. The number of carbonyl (C=O) groups is 3. The average Bonchev–Trinajstić information content (AvgIpc) is 3.39. The minimum Gasteiger partial charge on any atom is -0.493 e. The number of nitrogens with zero attached hydrogens (tertiary/aromatic N) is 3. The molecular weight excluding hydrogens is 520 g/mol. The van der Waals surface area contributed by atoms with E-state index in [-0.39, 0.29) is 35.6 Å². The van der Waals surface area contributed by atoms with Gasteiger partial charge in [0.1, 0.15) is 5.75 Å². The number of hydrogen-bond donors (Lipinski definition) is 1. The third kappa shape index (κ3) is 9.43. The van der Waals surface area contributed by atoms with Gasteiger partial charge in [0.05, 0.1) is 6.61 Å². The summed E-state index contributed by atoms with van der Waals surface area (Å²) in [5.74, 6) is 1.94. The second-order valence-corrected chi connectivity index (χ2v) is 12.0. The number of nitrogens with one attached hydrogen (secondary N) is 1. The maximum atomic E-state index is 13.8. The highest BCUT2D eigenvalue weighted by molar-refractivity contribution is 5.95. The number of rotatable bonds is 14. The van der Waals surface area contributed by atoms with Crippen molar-refractivity contribution in [3.05, 3.63) is 29.3 Å². The van der Waals surface area contributed by atoms with E-state index in [0.29, 0.717) is 44.2 Å². The smallest absolute Gasteiger partial charge is 0.254 e. The van der Waals surface area contributed by atoms with Crippen LogP contribution < -0.4 is 10.1 Å². The van der Waals surface area contributed by atoms with E-state index in [9.17, 15) is 14.4 Å². The predicted molar refractivity (Wildman–Crippen MR) is 161 cm³/mol. The molecule has 2 saturated heterocycles. The molecule has 2 atom stereocenters. The van der Waals surface area contributed by atoms with E-state index in [1.54, 1.807) is 14.0 Å². The van der Waals surface area contributed by atoms with Crippen LogP contribution in [-0.4, -0.2) is 105 Å². The first-order valence-electron chi connectivity index (χ1n) is 15.4. The van der Waals surface area contributed by atoms with Crippen LogP contribution in [0.2, 0.25) is 0 Å². The van der Waals surface area contributed by atoms with Crippen LogP contribution in [0.5, 0.6) is 5.75 Å². The van der Waals surface area contributed by atoms with E-state index in [1.165, 1.54) is 0 Å². The van der Waals surface area contributed by atoms with Gasteiger partial charge in [-0.2, -0.15) is 0 Å². The molecule has 1 aromatic rings. The molecule has 0 unspecified atom stereocenters. The van der Waals surface area contributed by atoms with Crippen molar-refractivity contribution >= 4 is 17.7 Å². The fraction of sp³-hybridized carbons (Fsp3) is 0.719. The van der Waals surface area contributed by atoms with Gasteiger partial charge in [-0.25, -0.2) is 0 Å². The van der Waals surface area contributed by atoms with Crippen LogP contribution in [0, 0.1) is 17.8 Å². The Kier molecular flexibility index (Phi) is 12.9. The van der Waals surface area contributed by atoms with Crippen molar-refractivity contribution in [1.82, 2.24) is 20.0 Å². The van der Waals surface area contributed by atoms with Crippen molar-refractivity contribution in [1.29, 1.82) is 0 Å². The van der Waals surface area contributed by atoms with Crippen molar-refractivity contribution in [2.24, 2.45) is 17.8 Å². The van der Waals surface area contributed by atoms with Crippen molar-refractivity contribution in [2.75, 3.05) is 66.6 Å². The molecule has 3 rings (SSSR count). The summed E-state index contributed by atoms with van der Waals surface area (Å²) < 4.78 is 11.2. The Bertz CT molecular complexity index is 1010. The number of hydrogen-bond acceptors (Lipinski definition) is 6. The molecule has 9 heteroatoms. The number of likely N-dealkylation sites (tertiary alicyclic amines) is 1. The van der Waals surface area contributed by atoms with Gasteiger partial charge < -0.3 is 29.5 Å². The summed E-state index contributed by atoms with van der Waals surface area (Å²) in [4.78, 5) is 44.2. The largest absolute Gasteiger partial charge is 0.493 e. The Balaban J connectivity index is 1.59. The summed E-state index contributed by atoms with van der Waals surface area (Å²) in [7, 11) is 3.58. The van der Waals surface area contributed by atoms with Gasteiger partial charge in [-0.3, -0.25) is 14.4 Å². The fourth-order valence-corrected chi connectivity index (χ4v) is 5.97. The standard InChI is InChI=1S/C32H52N4O5/c1-7-26-9-10-27(18-30(26)41-16-8-15-40-6)32(39)36(23(2)3)22-29-20-33-19-28(29)21-34(5)31(38)17-25-11-13-35(14-12-25)24(4)37/h9-10,18,23,25,28-29,33H,7-8,11-17,19-22H2,1-6H3/t28-,29-/m0/s1. The number of aryl methyl sites for hydroxylation is 1. The molecule has 0 aromatic heterocycles. The average molecular weight is 573 g/mol. The van der Waals surface area contributed by atoms with E-state index in [2.05, 4.69) is 26.1 Å². The lowest BCUT2D eigenvalue weighted by atomic mass is 9.91. The highest BCUT2D eigenvalue weighted by atomic mass is 16.5. The first-order chi connectivity index (χ1) is 19.6. The molecule has 9 nitrogen and oxygen atoms in total. The van der Waals surface area contributed by atoms with E-state index in [0.717, 1.165) is 63.2 Å². The zero-order valence-corrected chi connectivity index (χ0v) is 26.1. The van der Waals surface area contributed by atoms with Crippen molar-refractivity contribution in [3.63, 3.8) is 0 Å². The van der Waals surface area contributed by atoms with Crippen LogP contribution in [0.1, 0.15) is 69.3 Å². The van der Waals surface area contributed by atoms with E-state index in [1.807, 2.05) is 39.9 Å². The summed E-state index contributed by atoms with van der Waals surface area (Å²) >= 11 is 0. The Morgan fingerprint density at radius 1 is 1.07 bits per heavy atom. The molecule has 1 aromatic carbocycles. The second kappa shape index (κ2) is 16.1. The van der Waals surface area contributed by atoms with Gasteiger partial charge in [-0.15, -0.1) is 0 Å². The lowest BCUT2D eigenvalue weighted by Gasteiger charge is -2.34. The van der Waals surface area contributed by atoms with Crippen LogP contribution in [0.3, 0.4) is 0 Å². The van der Waals surface area contributed by atoms with Gasteiger partial charge in [0.15, 0.2) is 0 Å². The second-order valence-electron chi connectivity index (χ2n) is 12.0. The summed E-state index contributed by atoms with van der Waals surface area (Å²) in [6.07, 6.45) is 3.94. The van der Waals surface area contributed by atoms with Crippen LogP contribution >= 0.6 is 0 Å². The number of piperidine rings is 1. The molecule has 0 radical (unpaired) electrons. The molecule has 0 bridgehead atoms. The van der Waals surface area contributed by atoms with E-state index in [4.69, 9.17) is 9.47 Å². The van der Waals surface area contributed by atoms with Gasteiger partial charge in [0, 0.05) is 91.4 Å². The maximum absolute atomic E-state index is 13.8. The molecule has 0 saturated carbocycles. The number of carbonyl (C=O) groups excluding carboxylic acids is 3. The number of ether oxygens (including phenoxy) is 2. The highest BCUT2D eigenvalue weighted by Crippen LogP contribution is 2.26. The van der Waals surface area contributed by atoms with Crippen LogP contribution in [0.25, 0.3) is 0 Å². The predicted octanol–water partition coefficient (Wildman–Crippen LogP) is 3.46. The molecule has 41 heavy (non-hydrogen) atoms. The van der Waals surface area contributed by atoms with Gasteiger partial charge in [-0.05, 0) is 68.6 Å². The number of amides is 3. The van der Waals surface area contributed by atoms with Crippen LogP contribution in [-0.2, 0) is 20.7 Å². The van der Waals surface area contributed by atoms with Crippen molar-refractivity contribution in [3.8, 4) is 5.75 Å². The molecule has 2 fully saturated rings. The van der Waals surface area contributed by atoms with Gasteiger partial charge in [0.2, 0.25) is 11.8 Å². The summed E-state index contributed by atoms with van der Waals surface area (Å²) in [5.41, 5.74) is 1.73. The molecule has 230 valence electrons. The molecule has 3 amide bonds. The van der Waals surface area contributed by atoms with E-state index < -0.39 is 0 Å². The summed E-state index contributed by atoms with van der Waals surface area (Å²) in [6, 6.07) is 5.85. The lowest BCUT2D eigenvalue weighted by molar-refractivity contribution is -0.132. The van der Waals surface area contributed by atoms with Crippen LogP contribution in [0.15, 0.2) is 18.2 Å². The maximum Gasteiger partial charge on any atom is 0.254 e. The fourth-order valence-electron chi connectivity index (χ4n) is 5.97. The summed E-state index contributed by atoms with van der Waals surface area (Å²) in [6.45, 7) is 13.5. The molecule has 1 N–H and O–H groups in total. The number of methoxy groups -OCH3 is 1. The Morgan fingerprint density at radius 3 is 2.37 bits per heavy atom. The number of benzene rings is 1. The third-order valence-corrected chi connectivity index (χ3v) is 8.70. The molecule has 2 heterocycles. The Labute approximate surface area is 246 Å². The van der Waals surface area contributed by atoms with Crippen molar-refractivity contribution in [2.45, 2.75) is 65.8 Å². The SMILES string of the molecule is CCc1ccc(C(=O)N(C[C@@H]2CNC[C@H]2CN(C)C(=O)CC2CCN(C(C)=O)CC2)C(C)C)cc1OCCCOC. The van der Waals surface area contributed by atoms with Crippen molar-refractivity contribution < 1.29 is 23.9 Å². The molecule has 2 aliphatic rings. The lowest BCUT2D eigenvalue weighted by Crippen LogP contribution is -2.44. The van der Waals surface area contributed by atoms with Gasteiger partial charge in [-0.1, -0.05) is 13.0 Å². The highest BCUT2D eigenvalue weighted by Gasteiger charge is 2.33. The van der Waals surface area contributed by atoms with Gasteiger partial charge in [0.25, 0.3) is 5.91 Å². The zero-order chi connectivity index (χ0) is 29.9. The molecule has 2 aliphatic heterocycles. The molecular formula is C32H52N4O5. The molecule has 0 aliphatic carbocycles. The first-order valence-corrected chi connectivity index (χ1v) is 15.4. The Hall–Kier alpha value is -2.65. The summed E-state index contributed by atoms with van der Waals surface area (Å²) in [5, 5.41) is 3.50. The zero-order valence-electron chi connectivity index (χ0n) is 26.1.